The molecule has 0 aliphatic carbocycles. The van der Waals surface area contributed by atoms with Crippen LogP contribution in [0.4, 0.5) is 0 Å². The van der Waals surface area contributed by atoms with Gasteiger partial charge in [0.25, 0.3) is 0 Å². The molecule has 0 aliphatic heterocycles. The molecule has 0 N–H and O–H groups in total. The third-order valence-electron chi connectivity index (χ3n) is 5.06. The van der Waals surface area contributed by atoms with Gasteiger partial charge < -0.3 is 9.47 Å². The standard InChI is InChI=1S/C24H26O2/c1-4-18-24(19-8-6-5-7-9-19,20-10-14-22(25-2)15-11-20)21-12-16-23(26-3)17-13-21/h5-17H,4,18H2,1-3H3. The summed E-state index contributed by atoms with van der Waals surface area (Å²) in [5.74, 6) is 1.75. The van der Waals surface area contributed by atoms with E-state index in [1.54, 1.807) is 14.2 Å². The van der Waals surface area contributed by atoms with E-state index in [2.05, 4.69) is 61.5 Å². The SMILES string of the molecule is CCCC(c1ccccc1)(c1ccc(OC)cc1)c1ccc(OC)cc1. The summed E-state index contributed by atoms with van der Waals surface area (Å²) >= 11 is 0. The Morgan fingerprint density at radius 2 is 1.04 bits per heavy atom. The van der Waals surface area contributed by atoms with E-state index in [1.165, 1.54) is 16.7 Å². The quantitative estimate of drug-likeness (QED) is 0.500. The van der Waals surface area contributed by atoms with Crippen molar-refractivity contribution >= 4 is 0 Å². The molecule has 0 fully saturated rings. The lowest BCUT2D eigenvalue weighted by molar-refractivity contribution is 0.413. The van der Waals surface area contributed by atoms with Crippen molar-refractivity contribution in [3.63, 3.8) is 0 Å². The van der Waals surface area contributed by atoms with Gasteiger partial charge in [-0.15, -0.1) is 0 Å². The minimum atomic E-state index is -0.200. The average molecular weight is 346 g/mol. The van der Waals surface area contributed by atoms with Gasteiger partial charge in [0.05, 0.1) is 14.2 Å². The molecule has 0 saturated heterocycles. The Labute approximate surface area is 156 Å². The lowest BCUT2D eigenvalue weighted by Gasteiger charge is -2.36. The maximum absolute atomic E-state index is 5.37. The van der Waals surface area contributed by atoms with E-state index in [9.17, 15) is 0 Å². The van der Waals surface area contributed by atoms with Gasteiger partial charge >= 0.3 is 0 Å². The van der Waals surface area contributed by atoms with Crippen LogP contribution in [-0.2, 0) is 5.41 Å². The van der Waals surface area contributed by atoms with Crippen molar-refractivity contribution in [2.75, 3.05) is 14.2 Å². The first-order valence-electron chi connectivity index (χ1n) is 9.09. The van der Waals surface area contributed by atoms with Crippen LogP contribution in [0.1, 0.15) is 36.5 Å². The van der Waals surface area contributed by atoms with Crippen LogP contribution in [0, 0.1) is 0 Å². The first-order valence-corrected chi connectivity index (χ1v) is 9.09. The summed E-state index contributed by atoms with van der Waals surface area (Å²) in [6.07, 6.45) is 2.10. The topological polar surface area (TPSA) is 18.5 Å². The molecule has 2 nitrogen and oxygen atoms in total. The fourth-order valence-corrected chi connectivity index (χ4v) is 3.78. The Morgan fingerprint density at radius 1 is 0.615 bits per heavy atom. The van der Waals surface area contributed by atoms with Crippen LogP contribution in [0.3, 0.4) is 0 Å². The van der Waals surface area contributed by atoms with Gasteiger partial charge in [-0.1, -0.05) is 67.9 Å². The summed E-state index contributed by atoms with van der Waals surface area (Å²) in [6, 6.07) is 27.7. The normalized spacial score (nSPS) is 11.2. The maximum atomic E-state index is 5.37. The molecule has 134 valence electrons. The first-order chi connectivity index (χ1) is 12.7. The van der Waals surface area contributed by atoms with E-state index >= 15 is 0 Å². The van der Waals surface area contributed by atoms with Gasteiger partial charge in [0.1, 0.15) is 11.5 Å². The average Bonchev–Trinajstić information content (AvgIpc) is 2.73. The fraction of sp³-hybridized carbons (Fsp3) is 0.250. The fourth-order valence-electron chi connectivity index (χ4n) is 3.78. The van der Waals surface area contributed by atoms with Crippen LogP contribution in [0.25, 0.3) is 0 Å². The molecule has 0 heterocycles. The molecule has 3 aromatic carbocycles. The van der Waals surface area contributed by atoms with E-state index in [-0.39, 0.29) is 5.41 Å². The summed E-state index contributed by atoms with van der Waals surface area (Å²) in [6.45, 7) is 2.24. The minimum absolute atomic E-state index is 0.200. The van der Waals surface area contributed by atoms with Crippen LogP contribution in [-0.4, -0.2) is 14.2 Å². The van der Waals surface area contributed by atoms with E-state index in [0.717, 1.165) is 24.3 Å². The molecule has 0 spiro atoms. The molecule has 2 heteroatoms. The van der Waals surface area contributed by atoms with Crippen molar-refractivity contribution in [2.24, 2.45) is 0 Å². The summed E-state index contributed by atoms with van der Waals surface area (Å²) in [5.41, 5.74) is 3.65. The summed E-state index contributed by atoms with van der Waals surface area (Å²) < 4.78 is 10.7. The van der Waals surface area contributed by atoms with Crippen molar-refractivity contribution in [3.05, 3.63) is 95.6 Å². The highest BCUT2D eigenvalue weighted by atomic mass is 16.5. The number of hydrogen-bond donors (Lipinski definition) is 0. The van der Waals surface area contributed by atoms with E-state index in [0.29, 0.717) is 0 Å². The van der Waals surface area contributed by atoms with E-state index < -0.39 is 0 Å². The summed E-state index contributed by atoms with van der Waals surface area (Å²) in [4.78, 5) is 0. The third kappa shape index (κ3) is 3.32. The Bertz CT molecular complexity index is 758. The van der Waals surface area contributed by atoms with Gasteiger partial charge in [-0.2, -0.15) is 0 Å². The van der Waals surface area contributed by atoms with Gasteiger partial charge in [0, 0.05) is 5.41 Å². The summed E-state index contributed by atoms with van der Waals surface area (Å²) in [7, 11) is 3.41. The maximum Gasteiger partial charge on any atom is 0.118 e. The van der Waals surface area contributed by atoms with Crippen LogP contribution < -0.4 is 9.47 Å². The molecular formula is C24H26O2. The zero-order chi connectivity index (χ0) is 18.4. The smallest absolute Gasteiger partial charge is 0.118 e. The third-order valence-corrected chi connectivity index (χ3v) is 5.06. The Morgan fingerprint density at radius 3 is 1.42 bits per heavy atom. The van der Waals surface area contributed by atoms with Crippen molar-refractivity contribution in [2.45, 2.75) is 25.2 Å². The van der Waals surface area contributed by atoms with Crippen molar-refractivity contribution in [1.82, 2.24) is 0 Å². The Kier molecular flexibility index (Phi) is 5.62. The number of benzene rings is 3. The predicted octanol–water partition coefficient (Wildman–Crippen LogP) is 5.84. The first kappa shape index (κ1) is 18.1. The lowest BCUT2D eigenvalue weighted by Crippen LogP contribution is -2.29. The van der Waals surface area contributed by atoms with Crippen molar-refractivity contribution in [1.29, 1.82) is 0 Å². The second-order valence-corrected chi connectivity index (χ2v) is 6.48. The van der Waals surface area contributed by atoms with Crippen LogP contribution >= 0.6 is 0 Å². The molecule has 0 unspecified atom stereocenters. The molecule has 0 aromatic heterocycles. The van der Waals surface area contributed by atoms with E-state index in [4.69, 9.17) is 9.47 Å². The highest BCUT2D eigenvalue weighted by Crippen LogP contribution is 2.43. The van der Waals surface area contributed by atoms with Gasteiger partial charge in [0.2, 0.25) is 0 Å². The molecule has 0 amide bonds. The van der Waals surface area contributed by atoms with Crippen molar-refractivity contribution in [3.8, 4) is 11.5 Å². The minimum Gasteiger partial charge on any atom is -0.497 e. The molecule has 0 atom stereocenters. The molecular weight excluding hydrogens is 320 g/mol. The Hall–Kier alpha value is -2.74. The van der Waals surface area contributed by atoms with Crippen LogP contribution in [0.5, 0.6) is 11.5 Å². The molecule has 0 aliphatic rings. The number of ether oxygens (including phenoxy) is 2. The van der Waals surface area contributed by atoms with Gasteiger partial charge in [-0.25, -0.2) is 0 Å². The second-order valence-electron chi connectivity index (χ2n) is 6.48. The van der Waals surface area contributed by atoms with Gasteiger partial charge in [-0.05, 0) is 47.4 Å². The molecule has 26 heavy (non-hydrogen) atoms. The molecule has 0 saturated carbocycles. The monoisotopic (exact) mass is 346 g/mol. The van der Waals surface area contributed by atoms with Crippen LogP contribution in [0.2, 0.25) is 0 Å². The molecule has 0 bridgehead atoms. The second kappa shape index (κ2) is 8.09. The molecule has 3 aromatic rings. The molecule has 0 radical (unpaired) electrons. The number of rotatable bonds is 7. The number of methoxy groups -OCH3 is 2. The number of hydrogen-bond acceptors (Lipinski definition) is 2. The lowest BCUT2D eigenvalue weighted by atomic mass is 9.67. The zero-order valence-electron chi connectivity index (χ0n) is 15.7. The predicted molar refractivity (Wildman–Crippen MR) is 107 cm³/mol. The zero-order valence-corrected chi connectivity index (χ0v) is 15.7. The van der Waals surface area contributed by atoms with Crippen LogP contribution in [0.15, 0.2) is 78.9 Å². The van der Waals surface area contributed by atoms with Crippen molar-refractivity contribution < 1.29 is 9.47 Å². The van der Waals surface area contributed by atoms with Gasteiger partial charge in [0.15, 0.2) is 0 Å². The largest absolute Gasteiger partial charge is 0.497 e. The highest BCUT2D eigenvalue weighted by molar-refractivity contribution is 5.52. The molecule has 3 rings (SSSR count). The van der Waals surface area contributed by atoms with Gasteiger partial charge in [-0.3, -0.25) is 0 Å². The summed E-state index contributed by atoms with van der Waals surface area (Å²) in [5, 5.41) is 0. The van der Waals surface area contributed by atoms with E-state index in [1.807, 2.05) is 24.3 Å². The highest BCUT2D eigenvalue weighted by Gasteiger charge is 2.35. The Balaban J connectivity index is 2.23.